The van der Waals surface area contributed by atoms with E-state index in [1.54, 1.807) is 0 Å². The zero-order valence-corrected chi connectivity index (χ0v) is 6.80. The normalized spacial score (nSPS) is 23.1. The quantitative estimate of drug-likeness (QED) is 0.631. The summed E-state index contributed by atoms with van der Waals surface area (Å²) in [6.45, 7) is 2.84. The summed E-state index contributed by atoms with van der Waals surface area (Å²) in [5, 5.41) is 8.66. The predicted octanol–water partition coefficient (Wildman–Crippen LogP) is 0.365. The summed E-state index contributed by atoms with van der Waals surface area (Å²) in [5.74, 6) is -0.0548. The predicted molar refractivity (Wildman–Crippen MR) is 40.3 cm³/mol. The minimum atomic E-state index is -0.337. The maximum atomic E-state index is 11.2. The van der Waals surface area contributed by atoms with Crippen LogP contribution in [0.3, 0.4) is 0 Å². The van der Waals surface area contributed by atoms with Gasteiger partial charge in [0, 0.05) is 18.6 Å². The molecule has 1 fully saturated rings. The Kier molecular flexibility index (Phi) is 2.62. The molecule has 0 amide bonds. The molecular weight excluding hydrogens is 144 g/mol. The van der Waals surface area contributed by atoms with Crippen LogP contribution in [0.2, 0.25) is 0 Å². The van der Waals surface area contributed by atoms with Gasteiger partial charge in [-0.15, -0.1) is 0 Å². The highest BCUT2D eigenvalue weighted by atomic mass is 16.5. The van der Waals surface area contributed by atoms with E-state index in [0.29, 0.717) is 13.2 Å². The number of Topliss-reactive ketones (excluding diaryl/α,β-unsaturated/α-hetero) is 1. The van der Waals surface area contributed by atoms with E-state index in [4.69, 9.17) is 9.84 Å². The molecule has 1 N–H and O–H groups in total. The molecule has 3 heteroatoms. The Morgan fingerprint density at radius 1 is 1.55 bits per heavy atom. The molecule has 11 heavy (non-hydrogen) atoms. The molecule has 0 radical (unpaired) electrons. The van der Waals surface area contributed by atoms with E-state index >= 15 is 0 Å². The number of carbonyl (C=O) groups excluding carboxylic acids is 1. The van der Waals surface area contributed by atoms with Gasteiger partial charge in [-0.3, -0.25) is 4.79 Å². The van der Waals surface area contributed by atoms with Gasteiger partial charge < -0.3 is 9.84 Å². The summed E-state index contributed by atoms with van der Waals surface area (Å²) in [6.07, 6.45) is 1.48. The Morgan fingerprint density at radius 3 is 2.55 bits per heavy atom. The third kappa shape index (κ3) is 1.79. The lowest BCUT2D eigenvalue weighted by Gasteiger charge is -2.31. The van der Waals surface area contributed by atoms with Crippen molar-refractivity contribution < 1.29 is 14.6 Å². The number of rotatable bonds is 2. The zero-order valence-electron chi connectivity index (χ0n) is 6.80. The fourth-order valence-corrected chi connectivity index (χ4v) is 1.29. The van der Waals surface area contributed by atoms with Crippen LogP contribution in [0.15, 0.2) is 0 Å². The smallest absolute Gasteiger partial charge is 0.164 e. The summed E-state index contributed by atoms with van der Waals surface area (Å²) in [6, 6.07) is 0. The second-order valence-electron chi connectivity index (χ2n) is 3.25. The van der Waals surface area contributed by atoms with E-state index in [1.807, 2.05) is 6.92 Å². The molecule has 64 valence electrons. The molecule has 0 unspecified atom stereocenters. The SMILES string of the molecule is CC1(C(=O)CO)CCOCC1. The maximum absolute atomic E-state index is 11.2. The average Bonchev–Trinajstić information content (AvgIpc) is 2.04. The third-order valence-corrected chi connectivity index (χ3v) is 2.41. The summed E-state index contributed by atoms with van der Waals surface area (Å²) in [5.41, 5.74) is -0.326. The molecule has 0 atom stereocenters. The molecule has 1 aliphatic heterocycles. The molecule has 0 saturated carbocycles. The molecule has 0 aromatic heterocycles. The van der Waals surface area contributed by atoms with Gasteiger partial charge in [-0.2, -0.15) is 0 Å². The van der Waals surface area contributed by atoms with Crippen LogP contribution in [-0.4, -0.2) is 30.7 Å². The maximum Gasteiger partial charge on any atom is 0.164 e. The highest BCUT2D eigenvalue weighted by molar-refractivity contribution is 5.85. The topological polar surface area (TPSA) is 46.5 Å². The van der Waals surface area contributed by atoms with E-state index in [2.05, 4.69) is 0 Å². The van der Waals surface area contributed by atoms with Crippen molar-refractivity contribution in [2.24, 2.45) is 5.41 Å². The minimum absolute atomic E-state index is 0.0548. The van der Waals surface area contributed by atoms with Gasteiger partial charge in [-0.25, -0.2) is 0 Å². The van der Waals surface area contributed by atoms with Gasteiger partial charge in [0.15, 0.2) is 5.78 Å². The van der Waals surface area contributed by atoms with Gasteiger partial charge in [-0.05, 0) is 12.8 Å². The third-order valence-electron chi connectivity index (χ3n) is 2.41. The van der Waals surface area contributed by atoms with Crippen LogP contribution in [0, 0.1) is 5.41 Å². The van der Waals surface area contributed by atoms with E-state index < -0.39 is 0 Å². The molecule has 0 aromatic carbocycles. The first kappa shape index (κ1) is 8.68. The molecule has 1 aliphatic rings. The van der Waals surface area contributed by atoms with Gasteiger partial charge in [0.2, 0.25) is 0 Å². The number of carbonyl (C=O) groups is 1. The highest BCUT2D eigenvalue weighted by Gasteiger charge is 2.33. The number of hydrogen-bond acceptors (Lipinski definition) is 3. The molecular formula is C8H14O3. The molecule has 1 saturated heterocycles. The van der Waals surface area contributed by atoms with Crippen LogP contribution in [0.4, 0.5) is 0 Å². The number of aliphatic hydroxyl groups excluding tert-OH is 1. The second kappa shape index (κ2) is 3.32. The van der Waals surface area contributed by atoms with Crippen molar-refractivity contribution in [2.75, 3.05) is 19.8 Å². The molecule has 0 bridgehead atoms. The zero-order chi connectivity index (χ0) is 8.32. The van der Waals surface area contributed by atoms with Crippen LogP contribution in [-0.2, 0) is 9.53 Å². The molecule has 0 spiro atoms. The highest BCUT2D eigenvalue weighted by Crippen LogP contribution is 2.30. The van der Waals surface area contributed by atoms with Crippen LogP contribution in [0.1, 0.15) is 19.8 Å². The first-order valence-corrected chi connectivity index (χ1v) is 3.91. The van der Waals surface area contributed by atoms with Crippen molar-refractivity contribution in [2.45, 2.75) is 19.8 Å². The Morgan fingerprint density at radius 2 is 2.09 bits per heavy atom. The van der Waals surface area contributed by atoms with Crippen LogP contribution >= 0.6 is 0 Å². The Labute approximate surface area is 66.4 Å². The lowest BCUT2D eigenvalue weighted by molar-refractivity contribution is -0.135. The van der Waals surface area contributed by atoms with E-state index in [-0.39, 0.29) is 17.8 Å². The second-order valence-corrected chi connectivity index (χ2v) is 3.25. The van der Waals surface area contributed by atoms with E-state index in [1.165, 1.54) is 0 Å². The molecule has 3 nitrogen and oxygen atoms in total. The van der Waals surface area contributed by atoms with Crippen molar-refractivity contribution in [3.63, 3.8) is 0 Å². The van der Waals surface area contributed by atoms with E-state index in [9.17, 15) is 4.79 Å². The number of ether oxygens (including phenoxy) is 1. The molecule has 0 aromatic rings. The summed E-state index contributed by atoms with van der Waals surface area (Å²) in [4.78, 5) is 11.2. The molecule has 1 rings (SSSR count). The van der Waals surface area contributed by atoms with Crippen molar-refractivity contribution in [3.8, 4) is 0 Å². The van der Waals surface area contributed by atoms with Gasteiger partial charge in [-0.1, -0.05) is 6.92 Å². The average molecular weight is 158 g/mol. The van der Waals surface area contributed by atoms with Crippen molar-refractivity contribution >= 4 is 5.78 Å². The fourth-order valence-electron chi connectivity index (χ4n) is 1.29. The van der Waals surface area contributed by atoms with Crippen LogP contribution < -0.4 is 0 Å². The first-order chi connectivity index (χ1) is 5.19. The summed E-state index contributed by atoms with van der Waals surface area (Å²) < 4.78 is 5.13. The molecule has 0 aliphatic carbocycles. The van der Waals surface area contributed by atoms with Crippen LogP contribution in [0.5, 0.6) is 0 Å². The first-order valence-electron chi connectivity index (χ1n) is 3.91. The van der Waals surface area contributed by atoms with Gasteiger partial charge >= 0.3 is 0 Å². The standard InChI is InChI=1S/C8H14O3/c1-8(7(10)6-9)2-4-11-5-3-8/h9H,2-6H2,1H3. The number of ketones is 1. The minimum Gasteiger partial charge on any atom is -0.389 e. The molecule has 1 heterocycles. The van der Waals surface area contributed by atoms with Crippen molar-refractivity contribution in [1.82, 2.24) is 0 Å². The van der Waals surface area contributed by atoms with Crippen molar-refractivity contribution in [3.05, 3.63) is 0 Å². The van der Waals surface area contributed by atoms with Crippen LogP contribution in [0.25, 0.3) is 0 Å². The fraction of sp³-hybridized carbons (Fsp3) is 0.875. The lowest BCUT2D eigenvalue weighted by atomic mass is 9.79. The monoisotopic (exact) mass is 158 g/mol. The number of aliphatic hydroxyl groups is 1. The Bertz CT molecular complexity index is 147. The van der Waals surface area contributed by atoms with Gasteiger partial charge in [0.25, 0.3) is 0 Å². The summed E-state index contributed by atoms with van der Waals surface area (Å²) in [7, 11) is 0. The van der Waals surface area contributed by atoms with Crippen molar-refractivity contribution in [1.29, 1.82) is 0 Å². The van der Waals surface area contributed by atoms with Gasteiger partial charge in [0.1, 0.15) is 6.61 Å². The Balaban J connectivity index is 2.56. The Hall–Kier alpha value is -0.410. The lowest BCUT2D eigenvalue weighted by Crippen LogP contribution is -2.36. The largest absolute Gasteiger partial charge is 0.389 e. The van der Waals surface area contributed by atoms with Gasteiger partial charge in [0.05, 0.1) is 0 Å². The summed E-state index contributed by atoms with van der Waals surface area (Å²) >= 11 is 0. The number of hydrogen-bond donors (Lipinski definition) is 1. The van der Waals surface area contributed by atoms with E-state index in [0.717, 1.165) is 12.8 Å².